The van der Waals surface area contributed by atoms with Crippen LogP contribution in [0, 0.1) is 0 Å². The number of amides is 2. The number of carbonyl (C=O) groups excluding carboxylic acids is 2. The average molecular weight is 268 g/mol. The van der Waals surface area contributed by atoms with E-state index in [1.165, 1.54) is 16.7 Å². The number of anilines is 1. The third kappa shape index (κ3) is 2.34. The van der Waals surface area contributed by atoms with Crippen molar-refractivity contribution >= 4 is 41.9 Å². The zero-order valence-electron chi connectivity index (χ0n) is 9.05. The van der Waals surface area contributed by atoms with E-state index < -0.39 is 0 Å². The molecule has 2 N–H and O–H groups in total. The van der Waals surface area contributed by atoms with Gasteiger partial charge in [0.05, 0.1) is 17.2 Å². The van der Waals surface area contributed by atoms with Crippen molar-refractivity contribution in [1.82, 2.24) is 0 Å². The van der Waals surface area contributed by atoms with E-state index in [0.717, 1.165) is 10.5 Å². The second-order valence-electron chi connectivity index (χ2n) is 3.58. The molecule has 1 aliphatic heterocycles. The number of hydrogen-bond acceptors (Lipinski definition) is 5. The Hall–Kier alpha value is -0.980. The molecule has 2 rings (SSSR count). The van der Waals surface area contributed by atoms with Gasteiger partial charge in [0.15, 0.2) is 0 Å². The molecule has 90 valence electrons. The molecule has 0 bridgehead atoms. The number of thiol groups is 1. The summed E-state index contributed by atoms with van der Waals surface area (Å²) in [5.74, 6) is -0.193. The van der Waals surface area contributed by atoms with Gasteiger partial charge >= 0.3 is 0 Å². The van der Waals surface area contributed by atoms with Gasteiger partial charge in [0.1, 0.15) is 0 Å². The van der Waals surface area contributed by atoms with E-state index in [-0.39, 0.29) is 23.3 Å². The minimum atomic E-state index is -0.297. The lowest BCUT2D eigenvalue weighted by atomic mass is 10.2. The summed E-state index contributed by atoms with van der Waals surface area (Å²) in [6, 6.07) is 5.60. The lowest BCUT2D eigenvalue weighted by Gasteiger charge is -2.27. The largest absolute Gasteiger partial charge is 0.326 e. The van der Waals surface area contributed by atoms with Crippen LogP contribution in [0.15, 0.2) is 23.1 Å². The van der Waals surface area contributed by atoms with Crippen LogP contribution >= 0.6 is 24.4 Å². The van der Waals surface area contributed by atoms with Crippen molar-refractivity contribution in [2.24, 2.45) is 5.73 Å². The Balaban J connectivity index is 2.48. The Morgan fingerprint density at radius 3 is 2.94 bits per heavy atom. The van der Waals surface area contributed by atoms with E-state index in [2.05, 4.69) is 12.6 Å². The smallest absolute Gasteiger partial charge is 0.244 e. The minimum Gasteiger partial charge on any atom is -0.326 e. The summed E-state index contributed by atoms with van der Waals surface area (Å²) in [5, 5.41) is 0. The highest BCUT2D eigenvalue weighted by molar-refractivity contribution is 8.00. The normalized spacial score (nSPS) is 14.7. The van der Waals surface area contributed by atoms with Gasteiger partial charge in [-0.05, 0) is 17.7 Å². The lowest BCUT2D eigenvalue weighted by Crippen LogP contribution is -2.41. The van der Waals surface area contributed by atoms with Crippen LogP contribution in [0.3, 0.4) is 0 Å². The molecule has 1 aromatic carbocycles. The SMILES string of the molecule is NCc1ccc2c(c1)N(C(=O)CS)C(=O)CS2. The van der Waals surface area contributed by atoms with E-state index in [9.17, 15) is 9.59 Å². The third-order valence-corrected chi connectivity index (χ3v) is 3.80. The van der Waals surface area contributed by atoms with Gasteiger partial charge in [-0.15, -0.1) is 11.8 Å². The number of thioether (sulfide) groups is 1. The van der Waals surface area contributed by atoms with Gasteiger partial charge in [0.2, 0.25) is 11.8 Å². The first-order valence-electron chi connectivity index (χ1n) is 5.10. The predicted octanol–water partition coefficient (Wildman–Crippen LogP) is 1.04. The fourth-order valence-electron chi connectivity index (χ4n) is 1.67. The summed E-state index contributed by atoms with van der Waals surface area (Å²) < 4.78 is 0. The molecule has 4 nitrogen and oxygen atoms in total. The highest BCUT2D eigenvalue weighted by Gasteiger charge is 2.29. The van der Waals surface area contributed by atoms with Crippen molar-refractivity contribution in [3.8, 4) is 0 Å². The van der Waals surface area contributed by atoms with Crippen molar-refractivity contribution in [2.75, 3.05) is 16.4 Å². The van der Waals surface area contributed by atoms with Gasteiger partial charge in [-0.25, -0.2) is 4.90 Å². The number of carbonyl (C=O) groups is 2. The van der Waals surface area contributed by atoms with Crippen LogP contribution in [0.2, 0.25) is 0 Å². The van der Waals surface area contributed by atoms with Crippen molar-refractivity contribution < 1.29 is 9.59 Å². The zero-order valence-corrected chi connectivity index (χ0v) is 10.8. The van der Waals surface area contributed by atoms with Crippen molar-refractivity contribution in [3.63, 3.8) is 0 Å². The molecular formula is C11H12N2O2S2. The Bertz CT molecular complexity index is 477. The molecule has 1 aliphatic rings. The van der Waals surface area contributed by atoms with E-state index in [4.69, 9.17) is 5.73 Å². The van der Waals surface area contributed by atoms with Gasteiger partial charge in [0.25, 0.3) is 0 Å². The summed E-state index contributed by atoms with van der Waals surface area (Å²) >= 11 is 5.37. The van der Waals surface area contributed by atoms with Crippen LogP contribution in [0.4, 0.5) is 5.69 Å². The Kier molecular flexibility index (Phi) is 3.76. The molecule has 1 heterocycles. The summed E-state index contributed by atoms with van der Waals surface area (Å²) in [4.78, 5) is 25.6. The fraction of sp³-hybridized carbons (Fsp3) is 0.273. The number of imide groups is 1. The number of benzene rings is 1. The van der Waals surface area contributed by atoms with Crippen molar-refractivity contribution in [2.45, 2.75) is 11.4 Å². The van der Waals surface area contributed by atoms with Gasteiger partial charge in [0, 0.05) is 11.4 Å². The number of nitrogens with zero attached hydrogens (tertiary/aromatic N) is 1. The van der Waals surface area contributed by atoms with Crippen LogP contribution in [0.1, 0.15) is 5.56 Å². The molecule has 0 aliphatic carbocycles. The zero-order chi connectivity index (χ0) is 12.4. The maximum atomic E-state index is 11.8. The second-order valence-corrected chi connectivity index (χ2v) is 4.91. The molecule has 0 atom stereocenters. The predicted molar refractivity (Wildman–Crippen MR) is 71.4 cm³/mol. The quantitative estimate of drug-likeness (QED) is 0.787. The summed E-state index contributed by atoms with van der Waals surface area (Å²) in [6.45, 7) is 0.384. The van der Waals surface area contributed by atoms with Crippen LogP contribution in [-0.4, -0.2) is 23.3 Å². The van der Waals surface area contributed by atoms with Crippen molar-refractivity contribution in [1.29, 1.82) is 0 Å². The second kappa shape index (κ2) is 5.12. The molecule has 6 heteroatoms. The standard InChI is InChI=1S/C11H12N2O2S2/c12-4-7-1-2-9-8(3-7)13(10(14)5-16)11(15)6-17-9/h1-3,16H,4-6,12H2. The first kappa shape index (κ1) is 12.5. The monoisotopic (exact) mass is 268 g/mol. The molecule has 1 aromatic rings. The molecule has 0 spiro atoms. The Morgan fingerprint density at radius 2 is 2.29 bits per heavy atom. The first-order valence-corrected chi connectivity index (χ1v) is 6.71. The number of rotatable bonds is 2. The molecule has 0 unspecified atom stereocenters. The topological polar surface area (TPSA) is 63.4 Å². The van der Waals surface area contributed by atoms with E-state index >= 15 is 0 Å². The Labute approximate surface area is 109 Å². The molecule has 17 heavy (non-hydrogen) atoms. The van der Waals surface area contributed by atoms with Gasteiger partial charge in [-0.1, -0.05) is 6.07 Å². The average Bonchev–Trinajstić information content (AvgIpc) is 2.37. The third-order valence-electron chi connectivity index (χ3n) is 2.49. The molecular weight excluding hydrogens is 256 g/mol. The number of fused-ring (bicyclic) bond motifs is 1. The maximum absolute atomic E-state index is 11.8. The lowest BCUT2D eigenvalue weighted by molar-refractivity contribution is -0.123. The number of hydrogen-bond donors (Lipinski definition) is 2. The number of nitrogens with two attached hydrogens (primary N) is 1. The van der Waals surface area contributed by atoms with Crippen LogP contribution in [-0.2, 0) is 16.1 Å². The molecule has 0 fully saturated rings. The van der Waals surface area contributed by atoms with E-state index in [1.54, 1.807) is 6.07 Å². The highest BCUT2D eigenvalue weighted by atomic mass is 32.2. The molecule has 0 radical (unpaired) electrons. The summed E-state index contributed by atoms with van der Waals surface area (Å²) in [6.07, 6.45) is 0. The molecule has 2 amide bonds. The fourth-order valence-corrected chi connectivity index (χ4v) is 2.68. The minimum absolute atomic E-state index is 0.0166. The first-order chi connectivity index (χ1) is 8.17. The molecule has 0 aromatic heterocycles. The van der Waals surface area contributed by atoms with Crippen LogP contribution in [0.25, 0.3) is 0 Å². The van der Waals surface area contributed by atoms with Gasteiger partial charge < -0.3 is 5.73 Å². The van der Waals surface area contributed by atoms with Crippen LogP contribution < -0.4 is 10.6 Å². The highest BCUT2D eigenvalue weighted by Crippen LogP contribution is 2.36. The summed E-state index contributed by atoms with van der Waals surface area (Å²) in [7, 11) is 0. The summed E-state index contributed by atoms with van der Waals surface area (Å²) in [5.41, 5.74) is 7.09. The molecule has 0 saturated heterocycles. The van der Waals surface area contributed by atoms with E-state index in [1.807, 2.05) is 12.1 Å². The van der Waals surface area contributed by atoms with Gasteiger partial charge in [-0.3, -0.25) is 9.59 Å². The maximum Gasteiger partial charge on any atom is 0.244 e. The van der Waals surface area contributed by atoms with Crippen LogP contribution in [0.5, 0.6) is 0 Å². The van der Waals surface area contributed by atoms with E-state index in [0.29, 0.717) is 12.2 Å². The van der Waals surface area contributed by atoms with Gasteiger partial charge in [-0.2, -0.15) is 12.6 Å². The van der Waals surface area contributed by atoms with Crippen molar-refractivity contribution in [3.05, 3.63) is 23.8 Å². The Morgan fingerprint density at radius 1 is 1.53 bits per heavy atom. The molecule has 0 saturated carbocycles.